The number of alkyl halides is 3. The average Bonchev–Trinajstić information content (AvgIpc) is 3.08. The molecule has 0 saturated heterocycles. The topological polar surface area (TPSA) is 80.3 Å². The number of esters is 1. The lowest BCUT2D eigenvalue weighted by Crippen LogP contribution is -2.69. The second kappa shape index (κ2) is 8.19. The van der Waals surface area contributed by atoms with Crippen molar-refractivity contribution >= 4 is 39.9 Å². The van der Waals surface area contributed by atoms with E-state index in [4.69, 9.17) is 11.6 Å². The van der Waals surface area contributed by atoms with Crippen molar-refractivity contribution in [2.75, 3.05) is 12.4 Å². The smallest absolute Gasteiger partial charge is 0.442 e. The number of benzene rings is 1. The van der Waals surface area contributed by atoms with Crippen LogP contribution in [0.4, 0.5) is 18.3 Å². The predicted molar refractivity (Wildman–Crippen MR) is 102 cm³/mol. The van der Waals surface area contributed by atoms with Gasteiger partial charge in [0.1, 0.15) is 0 Å². The van der Waals surface area contributed by atoms with Crippen LogP contribution in [0.3, 0.4) is 0 Å². The van der Waals surface area contributed by atoms with Gasteiger partial charge in [0.15, 0.2) is 5.13 Å². The summed E-state index contributed by atoms with van der Waals surface area (Å²) in [4.78, 5) is 29.9. The molecule has 3 rings (SSSR count). The van der Waals surface area contributed by atoms with Gasteiger partial charge in [0.05, 0.1) is 23.4 Å². The Bertz CT molecular complexity index is 911. The number of fused-ring (bicyclic) bond motifs is 1. The van der Waals surface area contributed by atoms with Crippen molar-refractivity contribution in [2.24, 2.45) is 0 Å². The number of aryl methyl sites for hydroxylation is 2. The van der Waals surface area contributed by atoms with Crippen LogP contribution in [-0.4, -0.2) is 35.8 Å². The van der Waals surface area contributed by atoms with Gasteiger partial charge in [-0.15, -0.1) is 11.3 Å². The van der Waals surface area contributed by atoms with Gasteiger partial charge in [0.2, 0.25) is 0 Å². The normalized spacial score (nSPS) is 15.8. The van der Waals surface area contributed by atoms with Crippen LogP contribution in [0.2, 0.25) is 5.02 Å². The fourth-order valence-electron chi connectivity index (χ4n) is 2.99. The molecule has 0 aliphatic heterocycles. The number of thiazole rings is 1. The number of carbonyl (C=O) groups excluding carboxylic acids is 2. The van der Waals surface area contributed by atoms with Crippen molar-refractivity contribution < 1.29 is 27.5 Å². The molecule has 0 bridgehead atoms. The molecule has 156 valence electrons. The summed E-state index contributed by atoms with van der Waals surface area (Å²) in [6.45, 7) is 0. The quantitative estimate of drug-likeness (QED) is 0.536. The number of halogens is 4. The van der Waals surface area contributed by atoms with Crippen LogP contribution in [0.25, 0.3) is 0 Å². The molecule has 2 N–H and O–H groups in total. The van der Waals surface area contributed by atoms with E-state index in [1.807, 2.05) is 0 Å². The number of anilines is 1. The summed E-state index contributed by atoms with van der Waals surface area (Å²) in [6, 6.07) is 5.57. The molecule has 0 fully saturated rings. The Hall–Kier alpha value is -2.33. The lowest BCUT2D eigenvalue weighted by Gasteiger charge is -2.34. The Morgan fingerprint density at radius 2 is 1.90 bits per heavy atom. The first-order valence-corrected chi connectivity index (χ1v) is 9.86. The molecular formula is C18H17ClF3N3O3S. The molecule has 0 unspecified atom stereocenters. The first-order valence-electron chi connectivity index (χ1n) is 8.67. The van der Waals surface area contributed by atoms with E-state index in [0.717, 1.165) is 36.2 Å². The van der Waals surface area contributed by atoms with Crippen LogP contribution in [0.15, 0.2) is 24.3 Å². The Labute approximate surface area is 173 Å². The Kier molecular flexibility index (Phi) is 6.04. The Morgan fingerprint density at radius 1 is 1.21 bits per heavy atom. The van der Waals surface area contributed by atoms with Crippen molar-refractivity contribution in [3.63, 3.8) is 0 Å². The molecule has 2 aromatic rings. The highest BCUT2D eigenvalue weighted by atomic mass is 35.5. The largest absolute Gasteiger partial charge is 0.466 e. The van der Waals surface area contributed by atoms with E-state index < -0.39 is 23.7 Å². The van der Waals surface area contributed by atoms with Crippen LogP contribution in [0, 0.1) is 0 Å². The van der Waals surface area contributed by atoms with Gasteiger partial charge >= 0.3 is 17.8 Å². The highest BCUT2D eigenvalue weighted by Gasteiger charge is 2.64. The fraction of sp³-hybridized carbons (Fsp3) is 0.389. The molecule has 1 aliphatic rings. The Balaban J connectivity index is 2.01. The van der Waals surface area contributed by atoms with E-state index in [1.54, 1.807) is 5.32 Å². The number of aromatic nitrogens is 1. The van der Waals surface area contributed by atoms with Gasteiger partial charge in [0, 0.05) is 4.88 Å². The van der Waals surface area contributed by atoms with Crippen LogP contribution in [0.1, 0.15) is 33.8 Å². The van der Waals surface area contributed by atoms with Gasteiger partial charge in [0.25, 0.3) is 5.91 Å². The lowest BCUT2D eigenvalue weighted by molar-refractivity contribution is -0.203. The van der Waals surface area contributed by atoms with E-state index in [9.17, 15) is 22.8 Å². The summed E-state index contributed by atoms with van der Waals surface area (Å²) in [7, 11) is 0.805. The summed E-state index contributed by atoms with van der Waals surface area (Å²) in [5.74, 6) is -2.91. The number of methoxy groups -OCH3 is 1. The third-order valence-electron chi connectivity index (χ3n) is 4.48. The van der Waals surface area contributed by atoms with Crippen LogP contribution in [0.5, 0.6) is 0 Å². The van der Waals surface area contributed by atoms with E-state index >= 15 is 0 Å². The lowest BCUT2D eigenvalue weighted by atomic mass is 10.0. The minimum absolute atomic E-state index is 0.0596. The molecule has 29 heavy (non-hydrogen) atoms. The van der Waals surface area contributed by atoms with Crippen molar-refractivity contribution in [3.8, 4) is 0 Å². The van der Waals surface area contributed by atoms with E-state index in [-0.39, 0.29) is 15.7 Å². The van der Waals surface area contributed by atoms with Gasteiger partial charge in [-0.1, -0.05) is 23.7 Å². The maximum Gasteiger partial charge on any atom is 0.442 e. The second-order valence-electron chi connectivity index (χ2n) is 6.39. The van der Waals surface area contributed by atoms with E-state index in [2.05, 4.69) is 15.0 Å². The highest BCUT2D eigenvalue weighted by Crippen LogP contribution is 2.37. The van der Waals surface area contributed by atoms with E-state index in [0.29, 0.717) is 18.5 Å². The maximum atomic E-state index is 14.1. The number of ether oxygens (including phenoxy) is 1. The fourth-order valence-corrected chi connectivity index (χ4v) is 4.32. The molecular weight excluding hydrogens is 431 g/mol. The van der Waals surface area contributed by atoms with E-state index in [1.165, 1.54) is 24.3 Å². The van der Waals surface area contributed by atoms with Crippen LogP contribution < -0.4 is 10.6 Å². The van der Waals surface area contributed by atoms with Crippen molar-refractivity contribution in [2.45, 2.75) is 37.5 Å². The molecule has 1 heterocycles. The predicted octanol–water partition coefficient (Wildman–Crippen LogP) is 3.95. The summed E-state index contributed by atoms with van der Waals surface area (Å²) < 4.78 is 46.8. The summed E-state index contributed by atoms with van der Waals surface area (Å²) in [6.07, 6.45) is -2.07. The number of nitrogens with zero attached hydrogens (tertiary/aromatic N) is 1. The molecule has 1 aromatic carbocycles. The molecule has 1 aliphatic carbocycles. The molecule has 0 radical (unpaired) electrons. The first kappa shape index (κ1) is 21.4. The van der Waals surface area contributed by atoms with Gasteiger partial charge in [-0.05, 0) is 37.8 Å². The number of hydrogen-bond acceptors (Lipinski definition) is 6. The highest BCUT2D eigenvalue weighted by molar-refractivity contribution is 7.15. The minimum atomic E-state index is -5.23. The summed E-state index contributed by atoms with van der Waals surface area (Å²) in [5, 5.41) is 3.65. The third-order valence-corrected chi connectivity index (χ3v) is 5.88. The number of carbonyl (C=O) groups is 2. The maximum absolute atomic E-state index is 14.1. The first-order chi connectivity index (χ1) is 13.7. The van der Waals surface area contributed by atoms with Crippen molar-refractivity contribution in [1.29, 1.82) is 0 Å². The minimum Gasteiger partial charge on any atom is -0.466 e. The number of amides is 1. The zero-order valence-electron chi connectivity index (χ0n) is 15.2. The van der Waals surface area contributed by atoms with Crippen LogP contribution in [-0.2, 0) is 22.4 Å². The van der Waals surface area contributed by atoms with Gasteiger partial charge in [-0.25, -0.2) is 9.78 Å². The SMILES string of the molecule is COC(=O)[C@@](NC(=O)c1ccccc1Cl)(Nc1nc2c(s1)CCCC2)C(F)(F)F. The zero-order chi connectivity index (χ0) is 21.2. The van der Waals surface area contributed by atoms with Gasteiger partial charge in [-0.3, -0.25) is 4.79 Å². The standard InChI is InChI=1S/C18H17ClF3N3O3S/c1-28-15(27)17(18(20,21)22,24-14(26)10-6-2-3-7-11(10)19)25-16-23-12-8-4-5-9-13(12)29-16/h2-3,6-7H,4-5,8-9H2,1H3,(H,23,25)(H,24,26)/t17-/m1/s1. The van der Waals surface area contributed by atoms with Gasteiger partial charge < -0.3 is 15.4 Å². The molecule has 0 spiro atoms. The number of hydrogen-bond donors (Lipinski definition) is 2. The van der Waals surface area contributed by atoms with Gasteiger partial charge in [-0.2, -0.15) is 13.2 Å². The third kappa shape index (κ3) is 4.18. The molecule has 6 nitrogen and oxygen atoms in total. The monoisotopic (exact) mass is 447 g/mol. The van der Waals surface area contributed by atoms with Crippen molar-refractivity contribution in [3.05, 3.63) is 45.4 Å². The van der Waals surface area contributed by atoms with Crippen molar-refractivity contribution in [1.82, 2.24) is 10.3 Å². The summed E-state index contributed by atoms with van der Waals surface area (Å²) in [5.41, 5.74) is -3.05. The summed E-state index contributed by atoms with van der Waals surface area (Å²) >= 11 is 6.94. The molecule has 1 aromatic heterocycles. The number of nitrogens with one attached hydrogen (secondary N) is 2. The van der Waals surface area contributed by atoms with Crippen LogP contribution >= 0.6 is 22.9 Å². The zero-order valence-corrected chi connectivity index (χ0v) is 16.8. The number of rotatable bonds is 5. The molecule has 0 saturated carbocycles. The molecule has 11 heteroatoms. The average molecular weight is 448 g/mol. The molecule has 1 atom stereocenters. The Morgan fingerprint density at radius 3 is 2.52 bits per heavy atom. The molecule has 1 amide bonds. The second-order valence-corrected chi connectivity index (χ2v) is 7.89.